The van der Waals surface area contributed by atoms with Crippen LogP contribution in [0.25, 0.3) is 0 Å². The highest BCUT2D eigenvalue weighted by molar-refractivity contribution is 5.97. The Morgan fingerprint density at radius 3 is 2.50 bits per heavy atom. The molecule has 0 radical (unpaired) electrons. The number of hydrogen-bond donors (Lipinski definition) is 3. The second kappa shape index (κ2) is 7.85. The van der Waals surface area contributed by atoms with Crippen LogP contribution >= 0.6 is 0 Å². The summed E-state index contributed by atoms with van der Waals surface area (Å²) < 4.78 is 5.73. The zero-order chi connectivity index (χ0) is 18.4. The summed E-state index contributed by atoms with van der Waals surface area (Å²) in [5.41, 5.74) is 2.96. The highest BCUT2D eigenvalue weighted by Gasteiger charge is 2.11. The molecule has 0 unspecified atom stereocenters. The summed E-state index contributed by atoms with van der Waals surface area (Å²) in [5.74, 6) is 0.356. The number of nitrogens with one attached hydrogen (secondary N) is 1. The van der Waals surface area contributed by atoms with Gasteiger partial charge in [-0.1, -0.05) is 30.3 Å². The Morgan fingerprint density at radius 1 is 0.923 bits per heavy atom. The topological polar surface area (TPSA) is 91.2 Å². The number of hydrogen-bond acceptors (Lipinski definition) is 5. The molecule has 6 nitrogen and oxygen atoms in total. The number of aromatic hydroxyl groups is 2. The number of rotatable bonds is 5. The van der Waals surface area contributed by atoms with Gasteiger partial charge in [-0.3, -0.25) is 4.79 Å². The fourth-order valence-electron chi connectivity index (χ4n) is 2.21. The maximum atomic E-state index is 12.0. The van der Waals surface area contributed by atoms with Crippen LogP contribution in [-0.4, -0.2) is 22.3 Å². The molecule has 0 aromatic heterocycles. The fraction of sp³-hybridized carbons (Fsp3) is 0. The minimum Gasteiger partial charge on any atom is -0.508 e. The van der Waals surface area contributed by atoms with Gasteiger partial charge in [-0.05, 0) is 48.0 Å². The molecule has 0 aliphatic heterocycles. The maximum absolute atomic E-state index is 12.0. The number of phenolic OH excluding ortho intramolecular Hbond substituents is 2. The van der Waals surface area contributed by atoms with Crippen molar-refractivity contribution in [3.63, 3.8) is 0 Å². The first kappa shape index (κ1) is 17.0. The Hall–Kier alpha value is -3.80. The molecule has 6 heteroatoms. The standard InChI is InChI=1S/C20H16N2O4/c23-15-9-10-19(24)18(12-15)20(25)22-21-13-14-5-4-8-17(11-14)26-16-6-2-1-3-7-16/h1-13,23-24H,(H,22,25). The molecule has 0 heterocycles. The van der Waals surface area contributed by atoms with Crippen molar-refractivity contribution in [3.8, 4) is 23.0 Å². The van der Waals surface area contributed by atoms with E-state index >= 15 is 0 Å². The SMILES string of the molecule is O=C(NN=Cc1cccc(Oc2ccccc2)c1)c1cc(O)ccc1O. The Balaban J connectivity index is 1.66. The average molecular weight is 348 g/mol. The van der Waals surface area contributed by atoms with Crippen molar-refractivity contribution >= 4 is 12.1 Å². The molecule has 0 aliphatic rings. The Kier molecular flexibility index (Phi) is 5.14. The predicted molar refractivity (Wildman–Crippen MR) is 97.8 cm³/mol. The van der Waals surface area contributed by atoms with E-state index in [2.05, 4.69) is 10.5 Å². The van der Waals surface area contributed by atoms with Crippen LogP contribution < -0.4 is 10.2 Å². The Morgan fingerprint density at radius 2 is 1.69 bits per heavy atom. The van der Waals surface area contributed by atoms with E-state index in [1.54, 1.807) is 12.1 Å². The summed E-state index contributed by atoms with van der Waals surface area (Å²) in [4.78, 5) is 12.0. The number of ether oxygens (including phenoxy) is 1. The largest absolute Gasteiger partial charge is 0.508 e. The van der Waals surface area contributed by atoms with E-state index in [-0.39, 0.29) is 17.1 Å². The van der Waals surface area contributed by atoms with Crippen LogP contribution in [0.5, 0.6) is 23.0 Å². The van der Waals surface area contributed by atoms with Crippen molar-refractivity contribution in [1.82, 2.24) is 5.43 Å². The van der Waals surface area contributed by atoms with Crippen LogP contribution in [-0.2, 0) is 0 Å². The molecule has 0 saturated heterocycles. The maximum Gasteiger partial charge on any atom is 0.275 e. The van der Waals surface area contributed by atoms with Gasteiger partial charge in [0.05, 0.1) is 11.8 Å². The van der Waals surface area contributed by atoms with Crippen molar-refractivity contribution in [1.29, 1.82) is 0 Å². The van der Waals surface area contributed by atoms with E-state index in [4.69, 9.17) is 4.74 Å². The number of amides is 1. The molecular formula is C20H16N2O4. The minimum atomic E-state index is -0.633. The van der Waals surface area contributed by atoms with Gasteiger partial charge in [0, 0.05) is 0 Å². The third kappa shape index (κ3) is 4.39. The second-order valence-electron chi connectivity index (χ2n) is 5.39. The van der Waals surface area contributed by atoms with E-state index in [0.717, 1.165) is 11.6 Å². The number of carbonyl (C=O) groups is 1. The molecule has 3 N–H and O–H groups in total. The lowest BCUT2D eigenvalue weighted by atomic mass is 10.2. The number of hydrazone groups is 1. The van der Waals surface area contributed by atoms with Gasteiger partial charge in [0.15, 0.2) is 0 Å². The van der Waals surface area contributed by atoms with Crippen molar-refractivity contribution in [2.75, 3.05) is 0 Å². The molecule has 0 atom stereocenters. The lowest BCUT2D eigenvalue weighted by molar-refractivity contribution is 0.0952. The first-order valence-corrected chi connectivity index (χ1v) is 7.80. The highest BCUT2D eigenvalue weighted by Crippen LogP contribution is 2.22. The number of para-hydroxylation sites is 1. The molecule has 1 amide bonds. The number of benzene rings is 3. The van der Waals surface area contributed by atoms with E-state index in [1.165, 1.54) is 18.3 Å². The van der Waals surface area contributed by atoms with Crippen LogP contribution in [0.4, 0.5) is 0 Å². The zero-order valence-electron chi connectivity index (χ0n) is 13.7. The molecule has 0 fully saturated rings. The van der Waals surface area contributed by atoms with Crippen LogP contribution in [0.2, 0.25) is 0 Å². The molecule has 0 bridgehead atoms. The van der Waals surface area contributed by atoms with E-state index < -0.39 is 5.91 Å². The second-order valence-corrected chi connectivity index (χ2v) is 5.39. The lowest BCUT2D eigenvalue weighted by Crippen LogP contribution is -2.17. The third-order valence-corrected chi connectivity index (χ3v) is 3.44. The van der Waals surface area contributed by atoms with E-state index in [1.807, 2.05) is 42.5 Å². The molecular weight excluding hydrogens is 332 g/mol. The third-order valence-electron chi connectivity index (χ3n) is 3.44. The van der Waals surface area contributed by atoms with Gasteiger partial charge in [-0.25, -0.2) is 5.43 Å². The molecule has 3 rings (SSSR count). The molecule has 130 valence electrons. The molecule has 26 heavy (non-hydrogen) atoms. The van der Waals surface area contributed by atoms with Crippen LogP contribution in [0.15, 0.2) is 77.9 Å². The smallest absolute Gasteiger partial charge is 0.275 e. The zero-order valence-corrected chi connectivity index (χ0v) is 13.7. The molecule has 3 aromatic rings. The van der Waals surface area contributed by atoms with Gasteiger partial charge in [-0.2, -0.15) is 5.10 Å². The summed E-state index contributed by atoms with van der Waals surface area (Å²) in [6.07, 6.45) is 1.45. The number of phenols is 2. The van der Waals surface area contributed by atoms with Gasteiger partial charge in [0.25, 0.3) is 5.91 Å². The van der Waals surface area contributed by atoms with Crippen LogP contribution in [0, 0.1) is 0 Å². The fourth-order valence-corrected chi connectivity index (χ4v) is 2.21. The first-order valence-electron chi connectivity index (χ1n) is 7.80. The minimum absolute atomic E-state index is 0.0664. The van der Waals surface area contributed by atoms with Crippen molar-refractivity contribution in [2.24, 2.45) is 5.10 Å². The van der Waals surface area contributed by atoms with Crippen molar-refractivity contribution in [2.45, 2.75) is 0 Å². The number of nitrogens with zero attached hydrogens (tertiary/aromatic N) is 1. The van der Waals surface area contributed by atoms with Crippen molar-refractivity contribution < 1.29 is 19.7 Å². The van der Waals surface area contributed by atoms with Gasteiger partial charge in [0.2, 0.25) is 0 Å². The molecule has 0 spiro atoms. The van der Waals surface area contributed by atoms with Gasteiger partial charge in [0.1, 0.15) is 23.0 Å². The Labute approximate surface area is 150 Å². The summed E-state index contributed by atoms with van der Waals surface area (Å²) in [6, 6.07) is 20.2. The summed E-state index contributed by atoms with van der Waals surface area (Å²) in [6.45, 7) is 0. The average Bonchev–Trinajstić information content (AvgIpc) is 2.65. The molecule has 0 aliphatic carbocycles. The first-order chi connectivity index (χ1) is 12.6. The van der Waals surface area contributed by atoms with Crippen LogP contribution in [0.1, 0.15) is 15.9 Å². The number of carbonyl (C=O) groups excluding carboxylic acids is 1. The Bertz CT molecular complexity index is 940. The molecule has 3 aromatic carbocycles. The lowest BCUT2D eigenvalue weighted by Gasteiger charge is -2.06. The van der Waals surface area contributed by atoms with Gasteiger partial charge >= 0.3 is 0 Å². The normalized spacial score (nSPS) is 10.6. The molecule has 0 saturated carbocycles. The summed E-state index contributed by atoms with van der Waals surface area (Å²) in [5, 5.41) is 22.9. The quantitative estimate of drug-likeness (QED) is 0.373. The van der Waals surface area contributed by atoms with Gasteiger partial charge < -0.3 is 14.9 Å². The van der Waals surface area contributed by atoms with Crippen LogP contribution in [0.3, 0.4) is 0 Å². The van der Waals surface area contributed by atoms with E-state index in [0.29, 0.717) is 11.5 Å². The predicted octanol–water partition coefficient (Wildman–Crippen LogP) is 3.65. The van der Waals surface area contributed by atoms with Gasteiger partial charge in [-0.15, -0.1) is 0 Å². The highest BCUT2D eigenvalue weighted by atomic mass is 16.5. The summed E-state index contributed by atoms with van der Waals surface area (Å²) >= 11 is 0. The van der Waals surface area contributed by atoms with Crippen molar-refractivity contribution in [3.05, 3.63) is 83.9 Å². The van der Waals surface area contributed by atoms with E-state index in [9.17, 15) is 15.0 Å². The monoisotopic (exact) mass is 348 g/mol. The summed E-state index contributed by atoms with van der Waals surface area (Å²) in [7, 11) is 0.